The number of nitrogens with zero attached hydrogens (tertiary/aromatic N) is 3. The van der Waals surface area contributed by atoms with Crippen LogP contribution in [0.5, 0.6) is 0 Å². The number of aromatic nitrogens is 3. The monoisotopic (exact) mass is 366 g/mol. The lowest BCUT2D eigenvalue weighted by Gasteiger charge is -2.07. The lowest BCUT2D eigenvalue weighted by molar-refractivity contribution is -0.121. The maximum Gasteiger partial charge on any atom is 0.263 e. The molecule has 3 rings (SSSR count). The molecule has 0 saturated heterocycles. The predicted octanol–water partition coefficient (Wildman–Crippen LogP) is 2.79. The van der Waals surface area contributed by atoms with Crippen molar-refractivity contribution in [3.8, 4) is 22.8 Å². The maximum atomic E-state index is 12.7. The lowest BCUT2D eigenvalue weighted by atomic mass is 10.1. The smallest absolute Gasteiger partial charge is 0.263 e. The van der Waals surface area contributed by atoms with E-state index in [-0.39, 0.29) is 29.5 Å². The Morgan fingerprint density at radius 2 is 1.96 bits per heavy atom. The molecule has 2 heterocycles. The van der Waals surface area contributed by atoms with Crippen LogP contribution in [0, 0.1) is 6.92 Å². The number of carbonyl (C=O) groups excluding carboxylic acids is 1. The molecule has 1 aromatic carbocycles. The van der Waals surface area contributed by atoms with Crippen LogP contribution >= 0.6 is 0 Å². The Balaban J connectivity index is 1.83. The Morgan fingerprint density at radius 1 is 1.19 bits per heavy atom. The highest BCUT2D eigenvalue weighted by Crippen LogP contribution is 2.22. The van der Waals surface area contributed by atoms with Crippen molar-refractivity contribution < 1.29 is 9.32 Å². The first-order chi connectivity index (χ1) is 13.1. The van der Waals surface area contributed by atoms with Gasteiger partial charge in [-0.1, -0.05) is 42.8 Å². The Morgan fingerprint density at radius 3 is 2.74 bits per heavy atom. The molecule has 3 aromatic rings. The summed E-state index contributed by atoms with van der Waals surface area (Å²) in [5.74, 6) is 0.364. The third-order valence-electron chi connectivity index (χ3n) is 4.23. The number of unbranched alkanes of at least 4 members (excludes halogenated alkanes) is 1. The summed E-state index contributed by atoms with van der Waals surface area (Å²) >= 11 is 0. The van der Waals surface area contributed by atoms with Crippen molar-refractivity contribution in [2.75, 3.05) is 6.54 Å². The number of aryl methyl sites for hydroxylation is 1. The van der Waals surface area contributed by atoms with Gasteiger partial charge in [0.05, 0.1) is 0 Å². The summed E-state index contributed by atoms with van der Waals surface area (Å²) in [5.41, 5.74) is 1.78. The highest BCUT2D eigenvalue weighted by molar-refractivity contribution is 5.75. The van der Waals surface area contributed by atoms with Crippen LogP contribution in [0.25, 0.3) is 22.8 Å². The first-order valence-electron chi connectivity index (χ1n) is 8.96. The number of nitrogens with one attached hydrogen (secondary N) is 1. The van der Waals surface area contributed by atoms with Gasteiger partial charge in [-0.2, -0.15) is 4.98 Å². The van der Waals surface area contributed by atoms with Gasteiger partial charge < -0.3 is 14.4 Å². The van der Waals surface area contributed by atoms with Gasteiger partial charge in [-0.3, -0.25) is 9.59 Å². The van der Waals surface area contributed by atoms with Crippen LogP contribution in [0.1, 0.15) is 25.3 Å². The number of carbonyl (C=O) groups is 1. The molecule has 0 atom stereocenters. The fourth-order valence-corrected chi connectivity index (χ4v) is 2.71. The van der Waals surface area contributed by atoms with Crippen LogP contribution in [0.4, 0.5) is 0 Å². The van der Waals surface area contributed by atoms with E-state index < -0.39 is 0 Å². The Bertz CT molecular complexity index is 991. The van der Waals surface area contributed by atoms with Crippen molar-refractivity contribution in [2.45, 2.75) is 33.2 Å². The molecule has 7 heteroatoms. The molecule has 0 saturated carbocycles. The number of benzene rings is 1. The summed E-state index contributed by atoms with van der Waals surface area (Å²) in [4.78, 5) is 29.1. The van der Waals surface area contributed by atoms with Crippen LogP contribution in [-0.4, -0.2) is 27.2 Å². The van der Waals surface area contributed by atoms with Crippen molar-refractivity contribution in [1.82, 2.24) is 20.0 Å². The van der Waals surface area contributed by atoms with E-state index in [0.29, 0.717) is 12.4 Å². The van der Waals surface area contributed by atoms with E-state index in [1.165, 1.54) is 4.57 Å². The third-order valence-corrected chi connectivity index (χ3v) is 4.23. The van der Waals surface area contributed by atoms with Crippen LogP contribution in [0.3, 0.4) is 0 Å². The Hall–Kier alpha value is -3.22. The predicted molar refractivity (Wildman–Crippen MR) is 102 cm³/mol. The molecular weight excluding hydrogens is 344 g/mol. The topological polar surface area (TPSA) is 90.0 Å². The standard InChI is InChI=1S/C20H22N4O3/c1-3-4-11-21-17(25)13-24-12-7-10-16(20(24)26)19-22-18(23-27-19)15-9-6-5-8-14(15)2/h5-10,12H,3-4,11,13H2,1-2H3,(H,21,25). The zero-order valence-corrected chi connectivity index (χ0v) is 15.4. The van der Waals surface area contributed by atoms with Gasteiger partial charge in [-0.25, -0.2) is 0 Å². The second kappa shape index (κ2) is 8.44. The van der Waals surface area contributed by atoms with Crippen molar-refractivity contribution in [1.29, 1.82) is 0 Å². The molecule has 27 heavy (non-hydrogen) atoms. The quantitative estimate of drug-likeness (QED) is 0.650. The minimum Gasteiger partial charge on any atom is -0.355 e. The third kappa shape index (κ3) is 4.31. The summed E-state index contributed by atoms with van der Waals surface area (Å²) < 4.78 is 6.65. The summed E-state index contributed by atoms with van der Waals surface area (Å²) in [7, 11) is 0. The van der Waals surface area contributed by atoms with Gasteiger partial charge >= 0.3 is 0 Å². The van der Waals surface area contributed by atoms with Gasteiger partial charge in [-0.05, 0) is 31.0 Å². The van der Waals surface area contributed by atoms with E-state index in [9.17, 15) is 9.59 Å². The van der Waals surface area contributed by atoms with Crippen LogP contribution in [-0.2, 0) is 11.3 Å². The van der Waals surface area contributed by atoms with E-state index in [0.717, 1.165) is 24.0 Å². The molecule has 1 N–H and O–H groups in total. The summed E-state index contributed by atoms with van der Waals surface area (Å²) in [6.07, 6.45) is 3.48. The van der Waals surface area contributed by atoms with E-state index in [2.05, 4.69) is 22.4 Å². The Kier molecular flexibility index (Phi) is 5.80. The molecular formula is C20H22N4O3. The average molecular weight is 366 g/mol. The van der Waals surface area contributed by atoms with Gasteiger partial charge in [0, 0.05) is 18.3 Å². The van der Waals surface area contributed by atoms with Crippen molar-refractivity contribution >= 4 is 5.91 Å². The minimum atomic E-state index is -0.344. The van der Waals surface area contributed by atoms with Crippen molar-refractivity contribution in [3.05, 3.63) is 58.5 Å². The van der Waals surface area contributed by atoms with Gasteiger partial charge in [0.1, 0.15) is 12.1 Å². The first-order valence-corrected chi connectivity index (χ1v) is 8.96. The maximum absolute atomic E-state index is 12.7. The molecule has 0 aliphatic rings. The van der Waals surface area contributed by atoms with E-state index >= 15 is 0 Å². The molecule has 2 aromatic heterocycles. The molecule has 1 amide bonds. The number of hydrogen-bond acceptors (Lipinski definition) is 5. The number of rotatable bonds is 7. The van der Waals surface area contributed by atoms with Crippen molar-refractivity contribution in [2.24, 2.45) is 0 Å². The number of amides is 1. The van der Waals surface area contributed by atoms with E-state index in [1.54, 1.807) is 18.3 Å². The summed E-state index contributed by atoms with van der Waals surface area (Å²) in [6.45, 7) is 4.57. The number of pyridine rings is 1. The molecule has 0 radical (unpaired) electrons. The van der Waals surface area contributed by atoms with Crippen LogP contribution in [0.2, 0.25) is 0 Å². The molecule has 0 fully saturated rings. The zero-order chi connectivity index (χ0) is 19.2. The van der Waals surface area contributed by atoms with Gasteiger partial charge in [-0.15, -0.1) is 0 Å². The second-order valence-corrected chi connectivity index (χ2v) is 6.30. The molecule has 7 nitrogen and oxygen atoms in total. The molecule has 0 spiro atoms. The van der Waals surface area contributed by atoms with E-state index in [4.69, 9.17) is 4.52 Å². The molecule has 0 bridgehead atoms. The molecule has 0 unspecified atom stereocenters. The summed E-state index contributed by atoms with van der Waals surface area (Å²) in [6, 6.07) is 11.0. The normalized spacial score (nSPS) is 10.7. The Labute approximate surface area is 157 Å². The SMILES string of the molecule is CCCCNC(=O)Cn1cccc(-c2nc(-c3ccccc3C)no2)c1=O. The highest BCUT2D eigenvalue weighted by atomic mass is 16.5. The number of hydrogen-bond donors (Lipinski definition) is 1. The second-order valence-electron chi connectivity index (χ2n) is 6.30. The largest absolute Gasteiger partial charge is 0.355 e. The van der Waals surface area contributed by atoms with E-state index in [1.807, 2.05) is 31.2 Å². The molecule has 0 aliphatic heterocycles. The highest BCUT2D eigenvalue weighted by Gasteiger charge is 2.16. The fraction of sp³-hybridized carbons (Fsp3) is 0.300. The zero-order valence-electron chi connectivity index (χ0n) is 15.4. The minimum absolute atomic E-state index is 0.0465. The van der Waals surface area contributed by atoms with Gasteiger partial charge in [0.2, 0.25) is 11.7 Å². The van der Waals surface area contributed by atoms with Crippen molar-refractivity contribution in [3.63, 3.8) is 0 Å². The fourth-order valence-electron chi connectivity index (χ4n) is 2.71. The first kappa shape index (κ1) is 18.6. The van der Waals surface area contributed by atoms with Gasteiger partial charge in [0.15, 0.2) is 0 Å². The van der Waals surface area contributed by atoms with Crippen LogP contribution < -0.4 is 10.9 Å². The molecule has 0 aliphatic carbocycles. The lowest BCUT2D eigenvalue weighted by Crippen LogP contribution is -2.33. The molecule has 140 valence electrons. The van der Waals surface area contributed by atoms with Gasteiger partial charge in [0.25, 0.3) is 11.4 Å². The average Bonchev–Trinajstić information content (AvgIpc) is 3.14. The summed E-state index contributed by atoms with van der Waals surface area (Å²) in [5, 5.41) is 6.79. The van der Waals surface area contributed by atoms with Crippen LogP contribution in [0.15, 0.2) is 51.9 Å².